The third-order valence-electron chi connectivity index (χ3n) is 5.83. The summed E-state index contributed by atoms with van der Waals surface area (Å²) in [5, 5.41) is 2.18. The minimum Gasteiger partial charge on any atom is -0.324 e. The average molecular weight is 366 g/mol. The van der Waals surface area contributed by atoms with E-state index in [9.17, 15) is 27.6 Å². The zero-order valence-corrected chi connectivity index (χ0v) is 13.8. The molecule has 3 fully saturated rings. The van der Waals surface area contributed by atoms with Crippen LogP contribution in [0.2, 0.25) is 0 Å². The molecule has 0 aromatic heterocycles. The summed E-state index contributed by atoms with van der Waals surface area (Å²) in [5.74, 6) is -1.83. The van der Waals surface area contributed by atoms with E-state index in [2.05, 4.69) is 5.32 Å². The topological polar surface area (TPSA) is 66.5 Å². The van der Waals surface area contributed by atoms with E-state index in [0.717, 1.165) is 36.3 Å². The molecule has 1 heterocycles. The summed E-state index contributed by atoms with van der Waals surface area (Å²) in [6.45, 7) is -0.545. The maximum absolute atomic E-state index is 13.0. The molecule has 26 heavy (non-hydrogen) atoms. The number of alkyl halides is 3. The standard InChI is InChI=1S/C18H17F3N2O3/c19-18(20,21)11-3-1-2-4-12(11)22-13(24)8-23-16(25)14-9-5-6-10(7-9)15(14)17(23)26/h1-4,9-10,14-15H,5-8H2,(H,22,24)/t9-,10-,14-,15-/m0/s1. The molecule has 1 saturated heterocycles. The Kier molecular flexibility index (Phi) is 3.82. The monoisotopic (exact) mass is 366 g/mol. The van der Waals surface area contributed by atoms with Crippen molar-refractivity contribution in [1.82, 2.24) is 4.90 Å². The molecule has 138 valence electrons. The van der Waals surface area contributed by atoms with Crippen LogP contribution in [0.4, 0.5) is 18.9 Å². The van der Waals surface area contributed by atoms with Crippen LogP contribution in [0.25, 0.3) is 0 Å². The van der Waals surface area contributed by atoms with Gasteiger partial charge in [-0.1, -0.05) is 12.1 Å². The Hall–Kier alpha value is -2.38. The predicted octanol–water partition coefficient (Wildman–Crippen LogP) is 2.68. The van der Waals surface area contributed by atoms with Gasteiger partial charge in [0.25, 0.3) is 0 Å². The minimum atomic E-state index is -4.61. The number of nitrogens with one attached hydrogen (secondary N) is 1. The lowest BCUT2D eigenvalue weighted by molar-refractivity contribution is -0.143. The van der Waals surface area contributed by atoms with Crippen LogP contribution < -0.4 is 5.32 Å². The van der Waals surface area contributed by atoms with Gasteiger partial charge in [-0.3, -0.25) is 19.3 Å². The first-order valence-corrected chi connectivity index (χ1v) is 8.58. The smallest absolute Gasteiger partial charge is 0.324 e. The van der Waals surface area contributed by atoms with Crippen LogP contribution >= 0.6 is 0 Å². The number of likely N-dealkylation sites (tertiary alicyclic amines) is 1. The van der Waals surface area contributed by atoms with Crippen molar-refractivity contribution in [3.05, 3.63) is 29.8 Å². The molecule has 0 spiro atoms. The van der Waals surface area contributed by atoms with Gasteiger partial charge in [-0.2, -0.15) is 13.2 Å². The maximum atomic E-state index is 13.0. The average Bonchev–Trinajstić information content (AvgIpc) is 3.24. The molecule has 2 aliphatic carbocycles. The van der Waals surface area contributed by atoms with E-state index >= 15 is 0 Å². The summed E-state index contributed by atoms with van der Waals surface area (Å²) in [7, 11) is 0. The maximum Gasteiger partial charge on any atom is 0.418 e. The highest BCUT2D eigenvalue weighted by molar-refractivity contribution is 6.09. The number of halogens is 3. The van der Waals surface area contributed by atoms with Crippen LogP contribution in [0, 0.1) is 23.7 Å². The lowest BCUT2D eigenvalue weighted by Gasteiger charge is -2.19. The van der Waals surface area contributed by atoms with Gasteiger partial charge in [0.2, 0.25) is 17.7 Å². The van der Waals surface area contributed by atoms with Crippen LogP contribution in [-0.4, -0.2) is 29.2 Å². The second-order valence-electron chi connectivity index (χ2n) is 7.24. The molecule has 5 nitrogen and oxygen atoms in total. The van der Waals surface area contributed by atoms with Crippen molar-refractivity contribution in [2.24, 2.45) is 23.7 Å². The van der Waals surface area contributed by atoms with Gasteiger partial charge in [-0.15, -0.1) is 0 Å². The number of nitrogens with zero attached hydrogens (tertiary/aromatic N) is 1. The number of carbonyl (C=O) groups is 3. The highest BCUT2D eigenvalue weighted by atomic mass is 19.4. The van der Waals surface area contributed by atoms with Crippen molar-refractivity contribution < 1.29 is 27.6 Å². The number of fused-ring (bicyclic) bond motifs is 5. The summed E-state index contributed by atoms with van der Waals surface area (Å²) in [5.41, 5.74) is -1.35. The number of carbonyl (C=O) groups excluding carboxylic acids is 3. The van der Waals surface area contributed by atoms with Crippen LogP contribution in [0.15, 0.2) is 24.3 Å². The number of hydrogen-bond donors (Lipinski definition) is 1. The van der Waals surface area contributed by atoms with E-state index in [1.807, 2.05) is 0 Å². The van der Waals surface area contributed by atoms with E-state index in [1.54, 1.807) is 0 Å². The SMILES string of the molecule is O=C(CN1C(=O)[C@H]2[C@H]3CC[C@@H](C3)[C@@H]2C1=O)Nc1ccccc1C(F)(F)F. The molecule has 0 unspecified atom stereocenters. The molecule has 2 bridgehead atoms. The number of imide groups is 1. The van der Waals surface area contributed by atoms with Crippen LogP contribution in [0.5, 0.6) is 0 Å². The molecular weight excluding hydrogens is 349 g/mol. The fourth-order valence-electron chi connectivity index (χ4n) is 4.80. The Balaban J connectivity index is 1.48. The molecule has 1 N–H and O–H groups in total. The molecule has 0 radical (unpaired) electrons. The molecule has 1 aliphatic heterocycles. The molecule has 4 rings (SSSR count). The summed E-state index contributed by atoms with van der Waals surface area (Å²) >= 11 is 0. The number of amides is 3. The molecule has 1 aromatic carbocycles. The van der Waals surface area contributed by atoms with Gasteiger partial charge in [0.05, 0.1) is 23.1 Å². The van der Waals surface area contributed by atoms with Crippen LogP contribution in [0.3, 0.4) is 0 Å². The van der Waals surface area contributed by atoms with Crippen molar-refractivity contribution in [1.29, 1.82) is 0 Å². The summed E-state index contributed by atoms with van der Waals surface area (Å²) < 4.78 is 39.0. The number of benzene rings is 1. The Morgan fingerprint density at radius 2 is 1.65 bits per heavy atom. The van der Waals surface area contributed by atoms with E-state index in [0.29, 0.717) is 0 Å². The van der Waals surface area contributed by atoms with Gasteiger partial charge < -0.3 is 5.32 Å². The van der Waals surface area contributed by atoms with E-state index in [-0.39, 0.29) is 41.2 Å². The second kappa shape index (κ2) is 5.82. The lowest BCUT2D eigenvalue weighted by atomic mass is 9.81. The fraction of sp³-hybridized carbons (Fsp3) is 0.500. The van der Waals surface area contributed by atoms with Crippen LogP contribution in [0.1, 0.15) is 24.8 Å². The molecule has 2 saturated carbocycles. The molecule has 3 amide bonds. The largest absolute Gasteiger partial charge is 0.418 e. The Morgan fingerprint density at radius 3 is 2.23 bits per heavy atom. The zero-order valence-electron chi connectivity index (χ0n) is 13.8. The minimum absolute atomic E-state index is 0.195. The van der Waals surface area contributed by atoms with Gasteiger partial charge in [-0.25, -0.2) is 0 Å². The first-order chi connectivity index (χ1) is 12.3. The Labute approximate surface area is 147 Å². The van der Waals surface area contributed by atoms with Crippen molar-refractivity contribution in [2.45, 2.75) is 25.4 Å². The van der Waals surface area contributed by atoms with Crippen LogP contribution in [-0.2, 0) is 20.6 Å². The second-order valence-corrected chi connectivity index (χ2v) is 7.24. The van der Waals surface area contributed by atoms with Crippen molar-refractivity contribution in [3.8, 4) is 0 Å². The predicted molar refractivity (Wildman–Crippen MR) is 84.6 cm³/mol. The molecule has 1 aromatic rings. The highest BCUT2D eigenvalue weighted by Crippen LogP contribution is 2.56. The first kappa shape index (κ1) is 17.1. The third-order valence-corrected chi connectivity index (χ3v) is 5.83. The highest BCUT2D eigenvalue weighted by Gasteiger charge is 2.60. The molecule has 3 aliphatic rings. The fourth-order valence-corrected chi connectivity index (χ4v) is 4.80. The van der Waals surface area contributed by atoms with Gasteiger partial charge in [-0.05, 0) is 43.2 Å². The normalized spacial score (nSPS) is 30.0. The number of hydrogen-bond acceptors (Lipinski definition) is 3. The Morgan fingerprint density at radius 1 is 1.08 bits per heavy atom. The molecule has 4 atom stereocenters. The van der Waals surface area contributed by atoms with Crippen molar-refractivity contribution in [3.63, 3.8) is 0 Å². The van der Waals surface area contributed by atoms with E-state index in [4.69, 9.17) is 0 Å². The summed E-state index contributed by atoms with van der Waals surface area (Å²) in [6, 6.07) is 4.61. The van der Waals surface area contributed by atoms with Crippen molar-refractivity contribution in [2.75, 3.05) is 11.9 Å². The number of anilines is 1. The van der Waals surface area contributed by atoms with Gasteiger partial charge in [0, 0.05) is 0 Å². The number of para-hydroxylation sites is 1. The van der Waals surface area contributed by atoms with E-state index < -0.39 is 24.2 Å². The van der Waals surface area contributed by atoms with Gasteiger partial charge in [0.1, 0.15) is 6.54 Å². The molecule has 8 heteroatoms. The van der Waals surface area contributed by atoms with Gasteiger partial charge >= 0.3 is 6.18 Å². The lowest BCUT2D eigenvalue weighted by Crippen LogP contribution is -2.39. The van der Waals surface area contributed by atoms with Crippen molar-refractivity contribution >= 4 is 23.4 Å². The quantitative estimate of drug-likeness (QED) is 0.837. The van der Waals surface area contributed by atoms with E-state index in [1.165, 1.54) is 12.1 Å². The summed E-state index contributed by atoms with van der Waals surface area (Å²) in [6.07, 6.45) is -1.89. The first-order valence-electron chi connectivity index (χ1n) is 8.58. The molecular formula is C18H17F3N2O3. The third kappa shape index (κ3) is 2.59. The van der Waals surface area contributed by atoms with Gasteiger partial charge in [0.15, 0.2) is 0 Å². The Bertz CT molecular complexity index is 764. The summed E-state index contributed by atoms with van der Waals surface area (Å²) in [4.78, 5) is 38.2. The zero-order chi connectivity index (χ0) is 18.6. The number of rotatable bonds is 3.